The van der Waals surface area contributed by atoms with Crippen molar-refractivity contribution in [1.29, 1.82) is 0 Å². The summed E-state index contributed by atoms with van der Waals surface area (Å²) in [6.07, 6.45) is 0.156. The Hall–Kier alpha value is -2.61. The lowest BCUT2D eigenvalue weighted by atomic mass is 10.3. The normalized spacial score (nSPS) is 10.1. The number of thiazole rings is 1. The molecule has 0 bridgehead atoms. The Labute approximate surface area is 124 Å². The molecule has 2 amide bonds. The molecule has 21 heavy (non-hydrogen) atoms. The van der Waals surface area contributed by atoms with Crippen LogP contribution in [0.25, 0.3) is 0 Å². The van der Waals surface area contributed by atoms with Crippen molar-refractivity contribution < 1.29 is 14.3 Å². The molecule has 0 unspecified atom stereocenters. The molecule has 0 aliphatic rings. The molecule has 0 spiro atoms. The highest BCUT2D eigenvalue weighted by Crippen LogP contribution is 2.17. The first kappa shape index (κ1) is 14.8. The third-order valence-corrected chi connectivity index (χ3v) is 3.16. The van der Waals surface area contributed by atoms with Gasteiger partial charge in [0, 0.05) is 11.1 Å². The zero-order valence-corrected chi connectivity index (χ0v) is 11.9. The second-order valence-corrected chi connectivity index (χ2v) is 5.00. The molecule has 0 aliphatic carbocycles. The molecule has 0 radical (unpaired) electrons. The molecule has 0 saturated heterocycles. The molecule has 0 atom stereocenters. The van der Waals surface area contributed by atoms with E-state index in [4.69, 9.17) is 16.2 Å². The number of anilines is 2. The second-order valence-electron chi connectivity index (χ2n) is 4.11. The number of aromatic nitrogens is 1. The van der Waals surface area contributed by atoms with Gasteiger partial charge in [0.05, 0.1) is 13.0 Å². The molecule has 1 aromatic carbocycles. The highest BCUT2D eigenvalue weighted by Gasteiger charge is 2.09. The predicted molar refractivity (Wildman–Crippen MR) is 80.2 cm³/mol. The number of rotatable bonds is 6. The topological polar surface area (TPSA) is 120 Å². The summed E-state index contributed by atoms with van der Waals surface area (Å²) in [6, 6.07) is 6.75. The third kappa shape index (κ3) is 4.46. The zero-order chi connectivity index (χ0) is 15.2. The minimum Gasteiger partial charge on any atom is -0.493 e. The van der Waals surface area contributed by atoms with Gasteiger partial charge >= 0.3 is 0 Å². The maximum atomic E-state index is 11.9. The molecule has 2 rings (SSSR count). The lowest BCUT2D eigenvalue weighted by molar-refractivity contribution is -0.118. The maximum Gasteiger partial charge on any atom is 0.275 e. The standard InChI is InChI=1S/C13H14N4O3S/c14-11(18)5-6-20-9-3-1-8(2-4-9)16-12(19)10-7-21-13(15)17-10/h1-4,7H,5-6H2,(H2,14,18)(H2,15,17)(H,16,19). The van der Waals surface area contributed by atoms with Crippen molar-refractivity contribution in [3.05, 3.63) is 35.3 Å². The molecule has 7 nitrogen and oxygen atoms in total. The number of nitrogen functional groups attached to an aromatic ring is 1. The molecule has 1 aromatic heterocycles. The summed E-state index contributed by atoms with van der Waals surface area (Å²) in [6.45, 7) is 0.221. The lowest BCUT2D eigenvalue weighted by Crippen LogP contribution is -2.14. The van der Waals surface area contributed by atoms with Crippen LogP contribution in [0, 0.1) is 0 Å². The van der Waals surface area contributed by atoms with Gasteiger partial charge in [-0.1, -0.05) is 0 Å². The number of carbonyl (C=O) groups excluding carboxylic acids is 2. The summed E-state index contributed by atoms with van der Waals surface area (Å²) < 4.78 is 5.32. The molecule has 2 aromatic rings. The van der Waals surface area contributed by atoms with E-state index in [0.717, 1.165) is 0 Å². The van der Waals surface area contributed by atoms with Gasteiger partial charge in [0.2, 0.25) is 5.91 Å². The van der Waals surface area contributed by atoms with Crippen molar-refractivity contribution in [1.82, 2.24) is 4.98 Å². The molecule has 8 heteroatoms. The third-order valence-electron chi connectivity index (χ3n) is 2.48. The fourth-order valence-corrected chi connectivity index (χ4v) is 2.03. The van der Waals surface area contributed by atoms with Gasteiger partial charge in [-0.25, -0.2) is 4.98 Å². The highest BCUT2D eigenvalue weighted by atomic mass is 32.1. The summed E-state index contributed by atoms with van der Waals surface area (Å²) in [4.78, 5) is 26.3. The molecule has 0 saturated carbocycles. The number of benzene rings is 1. The number of primary amides is 1. The first-order valence-electron chi connectivity index (χ1n) is 6.08. The average Bonchev–Trinajstić information content (AvgIpc) is 2.87. The van der Waals surface area contributed by atoms with Gasteiger partial charge in [0.25, 0.3) is 5.91 Å². The Bertz CT molecular complexity index is 639. The Morgan fingerprint density at radius 3 is 2.57 bits per heavy atom. The maximum absolute atomic E-state index is 11.9. The number of ether oxygens (including phenoxy) is 1. The van der Waals surface area contributed by atoms with Crippen molar-refractivity contribution >= 4 is 34.0 Å². The monoisotopic (exact) mass is 306 g/mol. The summed E-state index contributed by atoms with van der Waals surface area (Å²) in [7, 11) is 0. The van der Waals surface area contributed by atoms with Gasteiger partial charge in [-0.15, -0.1) is 11.3 Å². The first-order valence-corrected chi connectivity index (χ1v) is 6.96. The van der Waals surface area contributed by atoms with E-state index >= 15 is 0 Å². The van der Waals surface area contributed by atoms with Gasteiger partial charge in [-0.3, -0.25) is 9.59 Å². The number of hydrogen-bond donors (Lipinski definition) is 3. The summed E-state index contributed by atoms with van der Waals surface area (Å²) in [5, 5.41) is 4.63. The van der Waals surface area contributed by atoms with E-state index in [-0.39, 0.29) is 24.6 Å². The number of nitrogens with two attached hydrogens (primary N) is 2. The number of hydrogen-bond acceptors (Lipinski definition) is 6. The second kappa shape index (κ2) is 6.71. The van der Waals surface area contributed by atoms with Crippen LogP contribution in [0.3, 0.4) is 0 Å². The smallest absolute Gasteiger partial charge is 0.275 e. The van der Waals surface area contributed by atoms with Crippen LogP contribution in [-0.2, 0) is 4.79 Å². The predicted octanol–water partition coefficient (Wildman–Crippen LogP) is 1.23. The largest absolute Gasteiger partial charge is 0.493 e. The van der Waals surface area contributed by atoms with Crippen molar-refractivity contribution in [3.63, 3.8) is 0 Å². The molecule has 110 valence electrons. The molecule has 5 N–H and O–H groups in total. The Kier molecular flexibility index (Phi) is 4.72. The Morgan fingerprint density at radius 1 is 1.29 bits per heavy atom. The van der Waals surface area contributed by atoms with Crippen molar-refractivity contribution in [2.75, 3.05) is 17.7 Å². The summed E-state index contributed by atoms with van der Waals surface area (Å²) in [5.41, 5.74) is 11.4. The lowest BCUT2D eigenvalue weighted by Gasteiger charge is -2.07. The summed E-state index contributed by atoms with van der Waals surface area (Å²) in [5.74, 6) is -0.154. The van der Waals surface area contributed by atoms with E-state index < -0.39 is 5.91 Å². The number of nitrogens with zero attached hydrogens (tertiary/aromatic N) is 1. The van der Waals surface area contributed by atoms with E-state index in [2.05, 4.69) is 10.3 Å². The van der Waals surface area contributed by atoms with E-state index in [0.29, 0.717) is 16.6 Å². The highest BCUT2D eigenvalue weighted by molar-refractivity contribution is 7.13. The molecule has 0 aliphatic heterocycles. The van der Waals surface area contributed by atoms with Crippen molar-refractivity contribution in [3.8, 4) is 5.75 Å². The van der Waals surface area contributed by atoms with Crippen LogP contribution in [-0.4, -0.2) is 23.4 Å². The Morgan fingerprint density at radius 2 is 2.00 bits per heavy atom. The van der Waals surface area contributed by atoms with Crippen LogP contribution in [0.4, 0.5) is 10.8 Å². The Balaban J connectivity index is 1.90. The van der Waals surface area contributed by atoms with Crippen LogP contribution in [0.15, 0.2) is 29.6 Å². The minimum absolute atomic E-state index is 0.156. The number of amides is 2. The van der Waals surface area contributed by atoms with Gasteiger partial charge < -0.3 is 21.5 Å². The van der Waals surface area contributed by atoms with Crippen LogP contribution < -0.4 is 21.5 Å². The molecule has 0 fully saturated rings. The zero-order valence-electron chi connectivity index (χ0n) is 11.0. The van der Waals surface area contributed by atoms with E-state index in [1.54, 1.807) is 29.6 Å². The fraction of sp³-hybridized carbons (Fsp3) is 0.154. The molecular weight excluding hydrogens is 292 g/mol. The van der Waals surface area contributed by atoms with Gasteiger partial charge in [-0.2, -0.15) is 0 Å². The molecule has 1 heterocycles. The van der Waals surface area contributed by atoms with Crippen molar-refractivity contribution in [2.24, 2.45) is 5.73 Å². The quantitative estimate of drug-likeness (QED) is 0.741. The van der Waals surface area contributed by atoms with E-state index in [9.17, 15) is 9.59 Å². The first-order chi connectivity index (χ1) is 10.0. The minimum atomic E-state index is -0.415. The average molecular weight is 306 g/mol. The number of nitrogens with one attached hydrogen (secondary N) is 1. The SMILES string of the molecule is NC(=O)CCOc1ccc(NC(=O)c2csc(N)n2)cc1. The van der Waals surface area contributed by atoms with Crippen LogP contribution in [0.1, 0.15) is 16.9 Å². The fourth-order valence-electron chi connectivity index (χ4n) is 1.49. The van der Waals surface area contributed by atoms with Crippen molar-refractivity contribution in [2.45, 2.75) is 6.42 Å². The van der Waals surface area contributed by atoms with Crippen LogP contribution in [0.2, 0.25) is 0 Å². The van der Waals surface area contributed by atoms with Gasteiger partial charge in [0.15, 0.2) is 5.13 Å². The van der Waals surface area contributed by atoms with E-state index in [1.807, 2.05) is 0 Å². The van der Waals surface area contributed by atoms with Crippen LogP contribution in [0.5, 0.6) is 5.75 Å². The van der Waals surface area contributed by atoms with E-state index in [1.165, 1.54) is 11.3 Å². The van der Waals surface area contributed by atoms with Gasteiger partial charge in [-0.05, 0) is 24.3 Å². The summed E-state index contributed by atoms with van der Waals surface area (Å²) >= 11 is 1.21. The van der Waals surface area contributed by atoms with Crippen LogP contribution >= 0.6 is 11.3 Å². The molecular formula is C13H14N4O3S. The number of carbonyl (C=O) groups is 2. The van der Waals surface area contributed by atoms with Gasteiger partial charge in [0.1, 0.15) is 11.4 Å².